The lowest BCUT2D eigenvalue weighted by Gasteiger charge is -2.20. The lowest BCUT2D eigenvalue weighted by Crippen LogP contribution is -2.45. The van der Waals surface area contributed by atoms with E-state index in [1.54, 1.807) is 0 Å². The van der Waals surface area contributed by atoms with Crippen LogP contribution >= 0.6 is 0 Å². The normalized spacial score (nSPS) is 13.5. The number of halogens is 3. The van der Waals surface area contributed by atoms with Crippen LogP contribution in [0.25, 0.3) is 10.8 Å². The summed E-state index contributed by atoms with van der Waals surface area (Å²) in [4.78, 5) is 24.8. The number of nitrogens with one attached hydrogen (secondary N) is 1. The topological polar surface area (TPSA) is 75.6 Å². The van der Waals surface area contributed by atoms with Gasteiger partial charge in [-0.3, -0.25) is 4.79 Å². The minimum atomic E-state index is -4.53. The van der Waals surface area contributed by atoms with Gasteiger partial charge >= 0.3 is 12.1 Å². The zero-order valence-electron chi connectivity index (χ0n) is 16.5. The quantitative estimate of drug-likeness (QED) is 0.583. The Bertz CT molecular complexity index is 1070. The van der Waals surface area contributed by atoms with E-state index in [1.807, 2.05) is 42.5 Å². The van der Waals surface area contributed by atoms with Crippen LogP contribution in [0.2, 0.25) is 0 Å². The molecule has 0 aliphatic carbocycles. The maximum atomic E-state index is 12.7. The molecule has 1 amide bonds. The number of alkyl halides is 3. The maximum Gasteiger partial charge on any atom is 0.416 e. The molecule has 3 aromatic carbocycles. The Hall–Kier alpha value is -3.39. The molecule has 0 spiro atoms. The molecule has 0 saturated heterocycles. The third-order valence-corrected chi connectivity index (χ3v) is 4.91. The molecule has 0 fully saturated rings. The summed E-state index contributed by atoms with van der Waals surface area (Å²) in [5, 5.41) is 14.6. The number of fused-ring (bicyclic) bond motifs is 1. The monoisotopic (exact) mass is 431 g/mol. The molecule has 0 aromatic heterocycles. The van der Waals surface area contributed by atoms with Crippen molar-refractivity contribution in [3.8, 4) is 0 Å². The highest BCUT2D eigenvalue weighted by atomic mass is 19.4. The number of carbonyl (C=O) groups excluding carboxylic acids is 2. The predicted molar refractivity (Wildman–Crippen MR) is 108 cm³/mol. The smallest absolute Gasteiger partial charge is 0.416 e. The molecule has 3 rings (SSSR count). The molecule has 0 saturated carbocycles. The summed E-state index contributed by atoms with van der Waals surface area (Å²) in [7, 11) is 1.18. The fraction of sp³-hybridized carbons (Fsp3) is 0.217. The molecule has 0 aliphatic heterocycles. The third kappa shape index (κ3) is 5.21. The summed E-state index contributed by atoms with van der Waals surface area (Å²) < 4.78 is 42.9. The van der Waals surface area contributed by atoms with Gasteiger partial charge in [-0.25, -0.2) is 4.79 Å². The van der Waals surface area contributed by atoms with Crippen molar-refractivity contribution in [3.05, 3.63) is 83.4 Å². The molecule has 162 valence electrons. The van der Waals surface area contributed by atoms with E-state index in [0.29, 0.717) is 0 Å². The zero-order chi connectivity index (χ0) is 22.6. The summed E-state index contributed by atoms with van der Waals surface area (Å²) in [6.07, 6.45) is -6.17. The Morgan fingerprint density at radius 1 is 1.00 bits per heavy atom. The lowest BCUT2D eigenvalue weighted by atomic mass is 9.98. The largest absolute Gasteiger partial charge is 0.467 e. The molecule has 0 unspecified atom stereocenters. The van der Waals surface area contributed by atoms with Crippen LogP contribution in [0.3, 0.4) is 0 Å². The number of hydrogen-bond donors (Lipinski definition) is 2. The van der Waals surface area contributed by atoms with Gasteiger partial charge in [0, 0.05) is 6.42 Å². The first-order valence-corrected chi connectivity index (χ1v) is 9.41. The average molecular weight is 431 g/mol. The van der Waals surface area contributed by atoms with Gasteiger partial charge in [-0.15, -0.1) is 0 Å². The van der Waals surface area contributed by atoms with Crippen LogP contribution in [0.5, 0.6) is 0 Å². The van der Waals surface area contributed by atoms with Gasteiger partial charge in [0.25, 0.3) is 5.91 Å². The van der Waals surface area contributed by atoms with Crippen LogP contribution in [-0.2, 0) is 26.9 Å². The molecule has 31 heavy (non-hydrogen) atoms. The van der Waals surface area contributed by atoms with Crippen molar-refractivity contribution in [1.29, 1.82) is 0 Å². The van der Waals surface area contributed by atoms with E-state index < -0.39 is 35.8 Å². The Labute approximate surface area is 176 Å². The van der Waals surface area contributed by atoms with Crippen molar-refractivity contribution < 1.29 is 32.6 Å². The van der Waals surface area contributed by atoms with Crippen LogP contribution in [-0.4, -0.2) is 30.1 Å². The van der Waals surface area contributed by atoms with Gasteiger partial charge in [0.05, 0.1) is 12.7 Å². The second kappa shape index (κ2) is 9.18. The number of carbonyl (C=O) groups is 2. The highest BCUT2D eigenvalue weighted by molar-refractivity contribution is 5.89. The first-order valence-electron chi connectivity index (χ1n) is 9.41. The second-order valence-electron chi connectivity index (χ2n) is 6.95. The lowest BCUT2D eigenvalue weighted by molar-refractivity contribution is -0.146. The number of benzene rings is 3. The van der Waals surface area contributed by atoms with E-state index in [9.17, 15) is 27.9 Å². The van der Waals surface area contributed by atoms with E-state index in [2.05, 4.69) is 5.32 Å². The van der Waals surface area contributed by atoms with Crippen LogP contribution in [0.15, 0.2) is 66.7 Å². The maximum absolute atomic E-state index is 12.7. The Morgan fingerprint density at radius 3 is 2.29 bits per heavy atom. The number of hydrogen-bond acceptors (Lipinski definition) is 4. The van der Waals surface area contributed by atoms with Gasteiger partial charge in [-0.1, -0.05) is 54.6 Å². The molecule has 2 atom stereocenters. The second-order valence-corrected chi connectivity index (χ2v) is 6.95. The van der Waals surface area contributed by atoms with Gasteiger partial charge in [-0.05, 0) is 34.0 Å². The SMILES string of the molecule is COC(=O)[C@H](Cc1cccc2ccccc12)NC(=O)[C@H](O)c1ccc(C(F)(F)F)cc1. The standard InChI is InChI=1S/C23H20F3NO4/c1-31-22(30)19(13-16-7-4-6-14-5-2-3-8-18(14)16)27-21(29)20(28)15-9-11-17(12-10-15)23(24,25)26/h2-12,19-20,28H,13H2,1H3,(H,27,29)/t19-,20+/m0/s1. The molecule has 8 heteroatoms. The number of amides is 1. The number of aliphatic hydroxyl groups excluding tert-OH is 1. The molecule has 2 N–H and O–H groups in total. The first kappa shape index (κ1) is 22.3. The highest BCUT2D eigenvalue weighted by Gasteiger charge is 2.31. The summed E-state index contributed by atoms with van der Waals surface area (Å²) in [6.45, 7) is 0. The van der Waals surface area contributed by atoms with Gasteiger partial charge in [0.15, 0.2) is 6.10 Å². The summed E-state index contributed by atoms with van der Waals surface area (Å²) in [6, 6.07) is 15.6. The minimum absolute atomic E-state index is 0.0284. The molecule has 0 heterocycles. The van der Waals surface area contributed by atoms with Crippen molar-refractivity contribution in [2.24, 2.45) is 0 Å². The number of ether oxygens (including phenoxy) is 1. The van der Waals surface area contributed by atoms with Crippen LogP contribution in [0.4, 0.5) is 13.2 Å². The number of methoxy groups -OCH3 is 1. The van der Waals surface area contributed by atoms with Crippen molar-refractivity contribution in [1.82, 2.24) is 5.32 Å². The fourth-order valence-corrected chi connectivity index (χ4v) is 3.28. The zero-order valence-corrected chi connectivity index (χ0v) is 16.5. The molecule has 3 aromatic rings. The van der Waals surface area contributed by atoms with E-state index in [4.69, 9.17) is 4.74 Å². The summed E-state index contributed by atoms with van der Waals surface area (Å²) in [5.74, 6) is -1.63. The Morgan fingerprint density at radius 2 is 1.65 bits per heavy atom. The molecular weight excluding hydrogens is 411 g/mol. The number of aliphatic hydroxyl groups is 1. The Kier molecular flexibility index (Phi) is 6.60. The van der Waals surface area contributed by atoms with Crippen molar-refractivity contribution in [2.75, 3.05) is 7.11 Å². The van der Waals surface area contributed by atoms with E-state index in [1.165, 1.54) is 7.11 Å². The predicted octanol–water partition coefficient (Wildman–Crippen LogP) is 3.79. The number of rotatable bonds is 6. The van der Waals surface area contributed by atoms with Gasteiger partial charge in [0.2, 0.25) is 0 Å². The first-order chi connectivity index (χ1) is 14.7. The summed E-state index contributed by atoms with van der Waals surface area (Å²) >= 11 is 0. The van der Waals surface area contributed by atoms with E-state index in [-0.39, 0.29) is 12.0 Å². The van der Waals surface area contributed by atoms with E-state index >= 15 is 0 Å². The highest BCUT2D eigenvalue weighted by Crippen LogP contribution is 2.30. The molecule has 0 radical (unpaired) electrons. The van der Waals surface area contributed by atoms with Crippen molar-refractivity contribution >= 4 is 22.6 Å². The minimum Gasteiger partial charge on any atom is -0.467 e. The number of esters is 1. The van der Waals surface area contributed by atoms with Crippen molar-refractivity contribution in [2.45, 2.75) is 24.7 Å². The van der Waals surface area contributed by atoms with Gasteiger partial charge in [-0.2, -0.15) is 13.2 Å². The van der Waals surface area contributed by atoms with Crippen molar-refractivity contribution in [3.63, 3.8) is 0 Å². The summed E-state index contributed by atoms with van der Waals surface area (Å²) in [5.41, 5.74) is -0.135. The van der Waals surface area contributed by atoms with Gasteiger partial charge in [0.1, 0.15) is 6.04 Å². The van der Waals surface area contributed by atoms with Crippen LogP contribution in [0.1, 0.15) is 22.8 Å². The molecule has 5 nitrogen and oxygen atoms in total. The van der Waals surface area contributed by atoms with E-state index in [0.717, 1.165) is 40.6 Å². The molecule has 0 aliphatic rings. The fourth-order valence-electron chi connectivity index (χ4n) is 3.28. The van der Waals surface area contributed by atoms with Crippen LogP contribution in [0, 0.1) is 0 Å². The Balaban J connectivity index is 1.79. The molecule has 0 bridgehead atoms. The van der Waals surface area contributed by atoms with Crippen LogP contribution < -0.4 is 5.32 Å². The average Bonchev–Trinajstić information content (AvgIpc) is 2.77. The van der Waals surface area contributed by atoms with Gasteiger partial charge < -0.3 is 15.2 Å². The third-order valence-electron chi connectivity index (χ3n) is 4.91. The molecular formula is C23H20F3NO4.